The number of carbonyl (C=O) groups excluding carboxylic acids is 2. The summed E-state index contributed by atoms with van der Waals surface area (Å²) in [5, 5.41) is 5.61. The Balaban J connectivity index is 1.69. The molecule has 148 valence electrons. The van der Waals surface area contributed by atoms with Crippen LogP contribution in [0.5, 0.6) is 5.75 Å². The van der Waals surface area contributed by atoms with Gasteiger partial charge in [-0.2, -0.15) is 0 Å². The molecule has 0 saturated heterocycles. The molecule has 0 bridgehead atoms. The largest absolute Gasteiger partial charge is 0.489 e. The average Bonchev–Trinajstić information content (AvgIpc) is 2.74. The summed E-state index contributed by atoms with van der Waals surface area (Å²) in [6.45, 7) is 4.18. The van der Waals surface area contributed by atoms with Crippen LogP contribution in [0, 0.1) is 0 Å². The summed E-state index contributed by atoms with van der Waals surface area (Å²) in [7, 11) is 0. The van der Waals surface area contributed by atoms with Crippen molar-refractivity contribution in [1.29, 1.82) is 0 Å². The minimum Gasteiger partial charge on any atom is -0.489 e. The van der Waals surface area contributed by atoms with Gasteiger partial charge in [-0.1, -0.05) is 12.1 Å². The van der Waals surface area contributed by atoms with Crippen molar-refractivity contribution < 1.29 is 14.3 Å². The molecule has 0 aliphatic rings. The number of pyridine rings is 2. The highest BCUT2D eigenvalue weighted by atomic mass is 16.5. The van der Waals surface area contributed by atoms with E-state index in [1.54, 1.807) is 30.6 Å². The van der Waals surface area contributed by atoms with Gasteiger partial charge in [0, 0.05) is 30.7 Å². The highest BCUT2D eigenvalue weighted by Crippen LogP contribution is 2.25. The van der Waals surface area contributed by atoms with E-state index in [4.69, 9.17) is 4.74 Å². The number of hydrogen-bond donors (Lipinski definition) is 2. The number of rotatable bonds is 7. The maximum atomic E-state index is 12.7. The molecule has 0 spiro atoms. The van der Waals surface area contributed by atoms with Crippen LogP contribution in [0.1, 0.15) is 40.3 Å². The highest BCUT2D eigenvalue weighted by Gasteiger charge is 2.14. The normalized spacial score (nSPS) is 10.4. The first-order valence-corrected chi connectivity index (χ1v) is 9.23. The van der Waals surface area contributed by atoms with Gasteiger partial charge in [-0.3, -0.25) is 19.6 Å². The second-order valence-electron chi connectivity index (χ2n) is 6.58. The Morgan fingerprint density at radius 1 is 1.00 bits per heavy atom. The Hall–Kier alpha value is -3.74. The molecule has 7 nitrogen and oxygen atoms in total. The third-order valence-corrected chi connectivity index (χ3v) is 3.96. The summed E-state index contributed by atoms with van der Waals surface area (Å²) in [4.78, 5) is 33.1. The molecule has 0 radical (unpaired) electrons. The van der Waals surface area contributed by atoms with Gasteiger partial charge in [-0.15, -0.1) is 0 Å². The first-order valence-electron chi connectivity index (χ1n) is 9.23. The number of benzene rings is 1. The van der Waals surface area contributed by atoms with Gasteiger partial charge in [0.05, 0.1) is 11.8 Å². The number of carbonyl (C=O) groups is 2. The molecule has 0 aliphatic heterocycles. The highest BCUT2D eigenvalue weighted by molar-refractivity contribution is 6.06. The van der Waals surface area contributed by atoms with Crippen LogP contribution >= 0.6 is 0 Å². The Morgan fingerprint density at radius 2 is 1.76 bits per heavy atom. The van der Waals surface area contributed by atoms with Gasteiger partial charge >= 0.3 is 0 Å². The second-order valence-corrected chi connectivity index (χ2v) is 6.58. The lowest BCUT2D eigenvalue weighted by Gasteiger charge is -2.15. The van der Waals surface area contributed by atoms with Crippen LogP contribution in [0.15, 0.2) is 67.1 Å². The zero-order chi connectivity index (χ0) is 20.6. The Morgan fingerprint density at radius 3 is 2.52 bits per heavy atom. The number of nitrogens with one attached hydrogen (secondary N) is 2. The van der Waals surface area contributed by atoms with Crippen molar-refractivity contribution in [3.05, 3.63) is 83.9 Å². The van der Waals surface area contributed by atoms with Crippen molar-refractivity contribution in [1.82, 2.24) is 15.3 Å². The Bertz CT molecular complexity index is 990. The van der Waals surface area contributed by atoms with E-state index in [1.165, 1.54) is 12.3 Å². The number of hydrogen-bond acceptors (Lipinski definition) is 5. The van der Waals surface area contributed by atoms with Crippen LogP contribution in [-0.4, -0.2) is 27.9 Å². The lowest BCUT2D eigenvalue weighted by Crippen LogP contribution is -2.24. The van der Waals surface area contributed by atoms with E-state index in [0.29, 0.717) is 23.5 Å². The molecule has 0 atom stereocenters. The summed E-state index contributed by atoms with van der Waals surface area (Å²) < 4.78 is 5.72. The van der Waals surface area contributed by atoms with E-state index in [1.807, 2.05) is 38.1 Å². The number of para-hydroxylation sites is 2. The van der Waals surface area contributed by atoms with Crippen molar-refractivity contribution in [2.75, 3.05) is 5.32 Å². The zero-order valence-electron chi connectivity index (χ0n) is 16.3. The molecule has 29 heavy (non-hydrogen) atoms. The first kappa shape index (κ1) is 20.0. The molecule has 3 aromatic rings. The van der Waals surface area contributed by atoms with Crippen molar-refractivity contribution in [2.24, 2.45) is 0 Å². The Labute approximate surface area is 169 Å². The molecule has 0 fully saturated rings. The van der Waals surface area contributed by atoms with E-state index < -0.39 is 0 Å². The van der Waals surface area contributed by atoms with E-state index >= 15 is 0 Å². The quantitative estimate of drug-likeness (QED) is 0.645. The van der Waals surface area contributed by atoms with Crippen LogP contribution in [0.4, 0.5) is 5.69 Å². The lowest BCUT2D eigenvalue weighted by molar-refractivity contribution is 0.0946. The average molecular weight is 390 g/mol. The lowest BCUT2D eigenvalue weighted by atomic mass is 10.2. The number of aromatic nitrogens is 2. The molecule has 2 aromatic heterocycles. The number of amides is 2. The fourth-order valence-electron chi connectivity index (χ4n) is 2.59. The standard InChI is InChI=1S/C22H22N4O3/c1-15(2)29-20-6-4-3-5-18(20)26-21(27)17-9-12-24-19(13-17)22(28)25-14-16-7-10-23-11-8-16/h3-13,15H,14H2,1-2H3,(H,25,28)(H,26,27). The third-order valence-electron chi connectivity index (χ3n) is 3.96. The predicted molar refractivity (Wildman–Crippen MR) is 110 cm³/mol. The number of nitrogens with zero attached hydrogens (tertiary/aromatic N) is 2. The summed E-state index contributed by atoms with van der Waals surface area (Å²) in [5.41, 5.74) is 1.97. The van der Waals surface area contributed by atoms with Crippen molar-refractivity contribution in [2.45, 2.75) is 26.5 Å². The topological polar surface area (TPSA) is 93.2 Å². The molecule has 2 amide bonds. The van der Waals surface area contributed by atoms with Gasteiger partial charge in [-0.25, -0.2) is 0 Å². The molecule has 0 aliphatic carbocycles. The molecule has 2 heterocycles. The SMILES string of the molecule is CC(C)Oc1ccccc1NC(=O)c1ccnc(C(=O)NCc2ccncc2)c1. The van der Waals surface area contributed by atoms with Gasteiger partial charge in [0.15, 0.2) is 0 Å². The molecule has 7 heteroatoms. The van der Waals surface area contributed by atoms with Crippen molar-refractivity contribution in [3.63, 3.8) is 0 Å². The maximum Gasteiger partial charge on any atom is 0.270 e. The molecule has 2 N–H and O–H groups in total. The fourth-order valence-corrected chi connectivity index (χ4v) is 2.59. The van der Waals surface area contributed by atoms with E-state index in [2.05, 4.69) is 20.6 Å². The molecule has 0 saturated carbocycles. The molecular weight excluding hydrogens is 368 g/mol. The Kier molecular flexibility index (Phi) is 6.52. The van der Waals surface area contributed by atoms with Crippen molar-refractivity contribution >= 4 is 17.5 Å². The van der Waals surface area contributed by atoms with Gasteiger partial charge in [-0.05, 0) is 55.8 Å². The van der Waals surface area contributed by atoms with Gasteiger partial charge in [0.2, 0.25) is 0 Å². The number of ether oxygens (including phenoxy) is 1. The zero-order valence-corrected chi connectivity index (χ0v) is 16.3. The van der Waals surface area contributed by atoms with Gasteiger partial charge in [0.1, 0.15) is 11.4 Å². The first-order chi connectivity index (χ1) is 14.0. The third kappa shape index (κ3) is 5.62. The molecule has 0 unspecified atom stereocenters. The molecular formula is C22H22N4O3. The monoisotopic (exact) mass is 390 g/mol. The van der Waals surface area contributed by atoms with Crippen LogP contribution in [0.25, 0.3) is 0 Å². The van der Waals surface area contributed by atoms with Crippen LogP contribution < -0.4 is 15.4 Å². The number of anilines is 1. The molecule has 1 aromatic carbocycles. The van der Waals surface area contributed by atoms with E-state index in [-0.39, 0.29) is 23.6 Å². The smallest absolute Gasteiger partial charge is 0.270 e. The van der Waals surface area contributed by atoms with Crippen LogP contribution in [0.2, 0.25) is 0 Å². The van der Waals surface area contributed by atoms with Crippen molar-refractivity contribution in [3.8, 4) is 5.75 Å². The summed E-state index contributed by atoms with van der Waals surface area (Å²) in [6.07, 6.45) is 4.73. The predicted octanol–water partition coefficient (Wildman–Crippen LogP) is 3.45. The van der Waals surface area contributed by atoms with Gasteiger partial charge in [0.25, 0.3) is 11.8 Å². The summed E-state index contributed by atoms with van der Waals surface area (Å²) >= 11 is 0. The summed E-state index contributed by atoms with van der Waals surface area (Å²) in [5.74, 6) is -0.129. The summed E-state index contributed by atoms with van der Waals surface area (Å²) in [6, 6.07) is 13.9. The van der Waals surface area contributed by atoms with Crippen LogP contribution in [-0.2, 0) is 6.54 Å². The second kappa shape index (κ2) is 9.45. The fraction of sp³-hybridized carbons (Fsp3) is 0.182. The van der Waals surface area contributed by atoms with E-state index in [0.717, 1.165) is 5.56 Å². The maximum absolute atomic E-state index is 12.7. The van der Waals surface area contributed by atoms with Gasteiger partial charge < -0.3 is 15.4 Å². The van der Waals surface area contributed by atoms with Crippen LogP contribution in [0.3, 0.4) is 0 Å². The minimum absolute atomic E-state index is 0.0235. The minimum atomic E-state index is -0.361. The van der Waals surface area contributed by atoms with E-state index in [9.17, 15) is 9.59 Å². The molecule has 3 rings (SSSR count).